The van der Waals surface area contributed by atoms with Crippen LogP contribution in [-0.2, 0) is 24.9 Å². The van der Waals surface area contributed by atoms with Crippen molar-refractivity contribution in [2.75, 3.05) is 0 Å². The van der Waals surface area contributed by atoms with Crippen molar-refractivity contribution in [3.05, 3.63) is 89.5 Å². The van der Waals surface area contributed by atoms with Gasteiger partial charge >= 0.3 is 10.1 Å². The number of sulfonamides is 1. The normalized spacial score (nSPS) is 13.0. The van der Waals surface area contributed by atoms with Crippen LogP contribution in [0, 0.1) is 19.8 Å². The molecule has 9 nitrogen and oxygen atoms in total. The highest BCUT2D eigenvalue weighted by molar-refractivity contribution is 7.89. The van der Waals surface area contributed by atoms with E-state index in [1.54, 1.807) is 42.5 Å². The van der Waals surface area contributed by atoms with E-state index < -0.39 is 32.1 Å². The van der Waals surface area contributed by atoms with Crippen molar-refractivity contribution >= 4 is 32.3 Å². The fourth-order valence-electron chi connectivity index (χ4n) is 3.43. The molecule has 0 fully saturated rings. The van der Waals surface area contributed by atoms with E-state index in [9.17, 15) is 21.6 Å². The molecule has 1 amide bonds. The predicted octanol–water partition coefficient (Wildman–Crippen LogP) is 3.91. The van der Waals surface area contributed by atoms with Gasteiger partial charge in [-0.3, -0.25) is 4.79 Å². The topological polar surface area (TPSA) is 131 Å². The van der Waals surface area contributed by atoms with Gasteiger partial charge in [0, 0.05) is 5.56 Å². The van der Waals surface area contributed by atoms with E-state index in [2.05, 4.69) is 15.2 Å². The molecule has 0 radical (unpaired) electrons. The number of amides is 1. The maximum Gasteiger partial charge on any atom is 0.339 e. The van der Waals surface area contributed by atoms with Crippen LogP contribution in [0.25, 0.3) is 0 Å². The number of benzene rings is 3. The molecule has 0 bridgehead atoms. The van der Waals surface area contributed by atoms with Crippen LogP contribution in [0.15, 0.2) is 87.7 Å². The number of hydrazone groups is 1. The maximum absolute atomic E-state index is 12.9. The molecule has 0 aliphatic rings. The third-order valence-electron chi connectivity index (χ3n) is 5.46. The Hall–Kier alpha value is -3.54. The number of carbonyl (C=O) groups excluding carboxylic acids is 1. The van der Waals surface area contributed by atoms with Crippen LogP contribution in [0.1, 0.15) is 37.0 Å². The largest absolute Gasteiger partial charge is 0.378 e. The van der Waals surface area contributed by atoms with Gasteiger partial charge in [0.1, 0.15) is 10.9 Å². The summed E-state index contributed by atoms with van der Waals surface area (Å²) in [6.45, 7) is 7.42. The van der Waals surface area contributed by atoms with Crippen LogP contribution in [0.4, 0.5) is 0 Å². The summed E-state index contributed by atoms with van der Waals surface area (Å²) in [6.07, 6.45) is 1.47. The molecule has 0 unspecified atom stereocenters. The number of para-hydroxylation sites is 1. The molecule has 0 saturated carbocycles. The summed E-state index contributed by atoms with van der Waals surface area (Å²) in [4.78, 5) is 12.9. The van der Waals surface area contributed by atoms with Crippen molar-refractivity contribution in [1.29, 1.82) is 0 Å². The maximum atomic E-state index is 12.9. The summed E-state index contributed by atoms with van der Waals surface area (Å²) in [5.41, 5.74) is 4.46. The van der Waals surface area contributed by atoms with Crippen LogP contribution < -0.4 is 14.3 Å². The van der Waals surface area contributed by atoms with Crippen molar-refractivity contribution in [2.24, 2.45) is 11.0 Å². The van der Waals surface area contributed by atoms with Crippen molar-refractivity contribution in [1.82, 2.24) is 10.1 Å². The van der Waals surface area contributed by atoms with Gasteiger partial charge in [-0.15, -0.1) is 0 Å². The molecule has 0 spiro atoms. The molecule has 38 heavy (non-hydrogen) atoms. The minimum atomic E-state index is -4.10. The number of nitrogens with one attached hydrogen (secondary N) is 2. The summed E-state index contributed by atoms with van der Waals surface area (Å²) in [5.74, 6) is -0.627. The Morgan fingerprint density at radius 1 is 0.868 bits per heavy atom. The zero-order valence-electron chi connectivity index (χ0n) is 21.6. The van der Waals surface area contributed by atoms with Crippen molar-refractivity contribution in [2.45, 2.75) is 49.9 Å². The summed E-state index contributed by atoms with van der Waals surface area (Å²) in [5, 5.41) is 3.92. The average Bonchev–Trinajstić information content (AvgIpc) is 2.84. The van der Waals surface area contributed by atoms with E-state index in [1.165, 1.54) is 36.5 Å². The predicted molar refractivity (Wildman–Crippen MR) is 146 cm³/mol. The van der Waals surface area contributed by atoms with E-state index in [0.717, 1.165) is 11.1 Å². The Morgan fingerprint density at radius 2 is 1.42 bits per heavy atom. The van der Waals surface area contributed by atoms with Gasteiger partial charge in [-0.2, -0.15) is 18.2 Å². The van der Waals surface area contributed by atoms with Crippen LogP contribution in [-0.4, -0.2) is 35.0 Å². The van der Waals surface area contributed by atoms with E-state index in [0.29, 0.717) is 5.56 Å². The van der Waals surface area contributed by atoms with Crippen LogP contribution in [0.5, 0.6) is 5.75 Å². The Balaban J connectivity index is 1.75. The SMILES string of the molecule is Cc1ccc(S(=O)(=O)N[C@H](CC(C)C)C(=O)N/N=C\c2ccccc2OS(=O)(=O)c2ccc(C)cc2)cc1. The first kappa shape index (κ1) is 29.0. The molecule has 202 valence electrons. The Morgan fingerprint density at radius 3 is 2.00 bits per heavy atom. The molecule has 0 aromatic heterocycles. The molecule has 1 atom stereocenters. The molecule has 3 rings (SSSR count). The third-order valence-corrected chi connectivity index (χ3v) is 8.19. The number of hydrogen-bond donors (Lipinski definition) is 2. The minimum Gasteiger partial charge on any atom is -0.378 e. The molecular weight excluding hydrogens is 526 g/mol. The summed E-state index contributed by atoms with van der Waals surface area (Å²) < 4.78 is 58.9. The highest BCUT2D eigenvalue weighted by atomic mass is 32.2. The second-order valence-electron chi connectivity index (χ2n) is 9.24. The molecular formula is C27H31N3O6S2. The minimum absolute atomic E-state index is 0.000493. The number of carbonyl (C=O) groups is 1. The van der Waals surface area contributed by atoms with Crippen LogP contribution >= 0.6 is 0 Å². The van der Waals surface area contributed by atoms with Gasteiger partial charge in [-0.1, -0.05) is 61.4 Å². The summed E-state index contributed by atoms with van der Waals surface area (Å²) in [6, 6.07) is 17.8. The summed E-state index contributed by atoms with van der Waals surface area (Å²) >= 11 is 0. The molecule has 11 heteroatoms. The monoisotopic (exact) mass is 557 g/mol. The van der Waals surface area contributed by atoms with Crippen LogP contribution in [0.2, 0.25) is 0 Å². The Labute approximate surface area is 224 Å². The second-order valence-corrected chi connectivity index (χ2v) is 12.5. The van der Waals surface area contributed by atoms with E-state index in [4.69, 9.17) is 4.18 Å². The fraction of sp³-hybridized carbons (Fsp3) is 0.259. The molecule has 2 N–H and O–H groups in total. The van der Waals surface area contributed by atoms with Gasteiger partial charge in [-0.25, -0.2) is 13.8 Å². The lowest BCUT2D eigenvalue weighted by atomic mass is 10.0. The van der Waals surface area contributed by atoms with Crippen molar-refractivity contribution in [3.63, 3.8) is 0 Å². The highest BCUT2D eigenvalue weighted by Crippen LogP contribution is 2.22. The smallest absolute Gasteiger partial charge is 0.339 e. The Bertz CT molecular complexity index is 1500. The second kappa shape index (κ2) is 12.3. The standard InChI is InChI=1S/C27H31N3O6S2/c1-19(2)17-25(30-37(32,33)23-13-9-20(3)10-14-23)27(31)29-28-18-22-7-5-6-8-26(22)36-38(34,35)24-15-11-21(4)12-16-24/h5-16,18-19,25,30H,17H2,1-4H3,(H,29,31)/b28-18-/t25-/m1/s1. The van der Waals surface area contributed by atoms with Gasteiger partial charge in [0.25, 0.3) is 5.91 Å². The quantitative estimate of drug-likeness (QED) is 0.209. The van der Waals surface area contributed by atoms with Gasteiger partial charge in [0.2, 0.25) is 10.0 Å². The fourth-order valence-corrected chi connectivity index (χ4v) is 5.59. The lowest BCUT2D eigenvalue weighted by Gasteiger charge is -2.19. The van der Waals surface area contributed by atoms with Crippen molar-refractivity contribution in [3.8, 4) is 5.75 Å². The van der Waals surface area contributed by atoms with Crippen LogP contribution in [0.3, 0.4) is 0 Å². The first-order valence-corrected chi connectivity index (χ1v) is 14.8. The average molecular weight is 558 g/mol. The summed E-state index contributed by atoms with van der Waals surface area (Å²) in [7, 11) is -8.05. The molecule has 3 aromatic rings. The van der Waals surface area contributed by atoms with Crippen molar-refractivity contribution < 1.29 is 25.8 Å². The van der Waals surface area contributed by atoms with E-state index in [-0.39, 0.29) is 27.9 Å². The first-order chi connectivity index (χ1) is 17.9. The van der Waals surface area contributed by atoms with Gasteiger partial charge < -0.3 is 4.18 Å². The van der Waals surface area contributed by atoms with Gasteiger partial charge in [0.15, 0.2) is 5.75 Å². The Kier molecular flexibility index (Phi) is 9.42. The van der Waals surface area contributed by atoms with E-state index in [1.807, 2.05) is 27.7 Å². The first-order valence-electron chi connectivity index (χ1n) is 11.9. The van der Waals surface area contributed by atoms with E-state index >= 15 is 0 Å². The lowest BCUT2D eigenvalue weighted by Crippen LogP contribution is -2.46. The lowest BCUT2D eigenvalue weighted by molar-refractivity contribution is -0.123. The molecule has 0 aliphatic heterocycles. The molecule has 0 heterocycles. The number of rotatable bonds is 11. The number of aryl methyl sites for hydroxylation is 2. The number of nitrogens with zero attached hydrogens (tertiary/aromatic N) is 1. The number of hydrogen-bond acceptors (Lipinski definition) is 7. The molecule has 3 aromatic carbocycles. The van der Waals surface area contributed by atoms with Gasteiger partial charge in [0.05, 0.1) is 11.1 Å². The zero-order valence-corrected chi connectivity index (χ0v) is 23.2. The van der Waals surface area contributed by atoms with Gasteiger partial charge in [-0.05, 0) is 62.6 Å². The molecule has 0 saturated heterocycles. The highest BCUT2D eigenvalue weighted by Gasteiger charge is 2.26. The zero-order chi connectivity index (χ0) is 27.9. The molecule has 0 aliphatic carbocycles. The third kappa shape index (κ3) is 7.98.